The van der Waals surface area contributed by atoms with Crippen molar-refractivity contribution in [3.8, 4) is 6.07 Å². The Morgan fingerprint density at radius 2 is 2.08 bits per heavy atom. The number of nitriles is 1. The highest BCUT2D eigenvalue weighted by Crippen LogP contribution is 2.39. The maximum Gasteiger partial charge on any atom is 0.417 e. The molecule has 2 saturated heterocycles. The van der Waals surface area contributed by atoms with Gasteiger partial charge < -0.3 is 19.6 Å². The summed E-state index contributed by atoms with van der Waals surface area (Å²) in [5, 5.41) is 19.2. The summed E-state index contributed by atoms with van der Waals surface area (Å²) in [6, 6.07) is 5.06. The third kappa shape index (κ3) is 5.96. The Balaban J connectivity index is 1.78. The number of ether oxygens (including phenoxy) is 1. The van der Waals surface area contributed by atoms with Crippen molar-refractivity contribution >= 4 is 29.0 Å². The number of pyridine rings is 1. The Labute approximate surface area is 228 Å². The van der Waals surface area contributed by atoms with Gasteiger partial charge in [-0.25, -0.2) is 9.37 Å². The van der Waals surface area contributed by atoms with E-state index < -0.39 is 41.2 Å². The second-order valence-electron chi connectivity index (χ2n) is 9.53. The minimum absolute atomic E-state index is 0.0513. The van der Waals surface area contributed by atoms with E-state index in [1.54, 1.807) is 13.0 Å². The summed E-state index contributed by atoms with van der Waals surface area (Å²) in [6.07, 6.45) is -5.01. The summed E-state index contributed by atoms with van der Waals surface area (Å²) in [4.78, 5) is 23.2. The summed E-state index contributed by atoms with van der Waals surface area (Å²) in [5.41, 5.74) is -1.39. The quantitative estimate of drug-likeness (QED) is 0.530. The Bertz CT molecular complexity index is 1270. The van der Waals surface area contributed by atoms with Crippen LogP contribution in [0.3, 0.4) is 0 Å². The summed E-state index contributed by atoms with van der Waals surface area (Å²) in [6.45, 7) is 4.45. The van der Waals surface area contributed by atoms with Gasteiger partial charge in [0, 0.05) is 43.6 Å². The number of morpholine rings is 1. The minimum Gasteiger partial charge on any atom is -0.394 e. The molecule has 39 heavy (non-hydrogen) atoms. The Morgan fingerprint density at radius 1 is 1.33 bits per heavy atom. The van der Waals surface area contributed by atoms with Gasteiger partial charge in [-0.3, -0.25) is 9.69 Å². The summed E-state index contributed by atoms with van der Waals surface area (Å²) < 4.78 is 61.1. The highest BCUT2D eigenvalue weighted by molar-refractivity contribution is 6.31. The molecular formula is C26H28ClF4N5O3. The van der Waals surface area contributed by atoms with Crippen LogP contribution < -0.4 is 9.80 Å². The van der Waals surface area contributed by atoms with Crippen molar-refractivity contribution in [3.05, 3.63) is 51.9 Å². The minimum atomic E-state index is -4.80. The van der Waals surface area contributed by atoms with Gasteiger partial charge in [0.1, 0.15) is 29.3 Å². The van der Waals surface area contributed by atoms with E-state index in [1.807, 2.05) is 4.90 Å². The summed E-state index contributed by atoms with van der Waals surface area (Å²) >= 11 is 5.96. The molecule has 1 N–H and O–H groups in total. The van der Waals surface area contributed by atoms with Crippen LogP contribution >= 0.6 is 11.6 Å². The predicted molar refractivity (Wildman–Crippen MR) is 136 cm³/mol. The second kappa shape index (κ2) is 11.6. The molecule has 3 atom stereocenters. The zero-order chi connectivity index (χ0) is 28.5. The first-order valence-corrected chi connectivity index (χ1v) is 12.8. The van der Waals surface area contributed by atoms with Crippen molar-refractivity contribution in [2.24, 2.45) is 0 Å². The molecular weight excluding hydrogens is 542 g/mol. The number of rotatable bonds is 6. The maximum absolute atomic E-state index is 14.0. The van der Waals surface area contributed by atoms with Gasteiger partial charge in [0.25, 0.3) is 0 Å². The molecule has 2 aliphatic heterocycles. The smallest absolute Gasteiger partial charge is 0.394 e. The first-order chi connectivity index (χ1) is 18.5. The van der Waals surface area contributed by atoms with Crippen molar-refractivity contribution in [2.45, 2.75) is 44.6 Å². The van der Waals surface area contributed by atoms with E-state index in [1.165, 1.54) is 28.9 Å². The third-order valence-corrected chi connectivity index (χ3v) is 7.36. The van der Waals surface area contributed by atoms with Crippen LogP contribution in [-0.4, -0.2) is 78.5 Å². The average Bonchev–Trinajstić information content (AvgIpc) is 3.35. The van der Waals surface area contributed by atoms with Gasteiger partial charge in [0.15, 0.2) is 0 Å². The Morgan fingerprint density at radius 3 is 2.69 bits per heavy atom. The molecule has 2 aliphatic rings. The molecule has 2 fully saturated rings. The SMILES string of the molecule is CCN(C(=O)C1CC(N2CCO[C@H](CO)C2)CN1c1nc(C)cc(C(F)(F)F)c1C#N)c1ccc(F)c(Cl)c1. The molecule has 0 spiro atoms. The number of nitrogens with zero attached hydrogens (tertiary/aromatic N) is 5. The molecule has 1 aromatic heterocycles. The van der Waals surface area contributed by atoms with E-state index in [9.17, 15) is 32.7 Å². The standard InChI is InChI=1S/C26H28ClF4N5O3/c1-3-35(16-4-5-22(28)21(27)9-16)25(38)23-10-17(34-6-7-39-18(13-34)14-37)12-36(23)24-19(11-32)20(26(29,30)31)8-15(2)33-24/h4-5,8-9,17-18,23,37H,3,6-7,10,12-14H2,1-2H3/t17?,18-,23?/m0/s1. The van der Waals surface area contributed by atoms with Crippen LogP contribution in [0.25, 0.3) is 0 Å². The van der Waals surface area contributed by atoms with Crippen LogP contribution in [0, 0.1) is 24.1 Å². The van der Waals surface area contributed by atoms with E-state index in [2.05, 4.69) is 4.98 Å². The van der Waals surface area contributed by atoms with E-state index in [-0.39, 0.29) is 48.7 Å². The van der Waals surface area contributed by atoms with Gasteiger partial charge in [0.2, 0.25) is 5.91 Å². The van der Waals surface area contributed by atoms with Crippen LogP contribution in [-0.2, 0) is 15.7 Å². The van der Waals surface area contributed by atoms with E-state index in [4.69, 9.17) is 16.3 Å². The number of aromatic nitrogens is 1. The molecule has 1 amide bonds. The lowest BCUT2D eigenvalue weighted by Crippen LogP contribution is -2.49. The molecule has 2 aromatic rings. The molecule has 1 aromatic carbocycles. The third-order valence-electron chi connectivity index (χ3n) is 7.07. The highest BCUT2D eigenvalue weighted by atomic mass is 35.5. The summed E-state index contributed by atoms with van der Waals surface area (Å²) in [7, 11) is 0. The van der Waals surface area contributed by atoms with Crippen LogP contribution in [0.2, 0.25) is 5.02 Å². The number of halogens is 5. The predicted octanol–water partition coefficient (Wildman–Crippen LogP) is 3.77. The fourth-order valence-electron chi connectivity index (χ4n) is 5.23. The number of benzene rings is 1. The van der Waals surface area contributed by atoms with Gasteiger partial charge in [0.05, 0.1) is 29.9 Å². The molecule has 0 bridgehead atoms. The Kier molecular flexibility index (Phi) is 8.66. The number of hydrogen-bond donors (Lipinski definition) is 1. The number of hydrogen-bond acceptors (Lipinski definition) is 7. The van der Waals surface area contributed by atoms with Crippen molar-refractivity contribution in [2.75, 3.05) is 49.2 Å². The van der Waals surface area contributed by atoms with Crippen molar-refractivity contribution in [1.29, 1.82) is 5.26 Å². The topological polar surface area (TPSA) is 92.9 Å². The molecule has 2 unspecified atom stereocenters. The molecule has 0 radical (unpaired) electrons. The molecule has 0 saturated carbocycles. The van der Waals surface area contributed by atoms with Gasteiger partial charge in [-0.1, -0.05) is 11.6 Å². The van der Waals surface area contributed by atoms with Crippen LogP contribution in [0.1, 0.15) is 30.2 Å². The molecule has 0 aliphatic carbocycles. The number of aliphatic hydroxyl groups excluding tert-OH is 1. The van der Waals surface area contributed by atoms with E-state index >= 15 is 0 Å². The Hall–Kier alpha value is -2.98. The number of aliphatic hydroxyl groups is 1. The lowest BCUT2D eigenvalue weighted by atomic mass is 10.1. The molecule has 13 heteroatoms. The number of alkyl halides is 3. The van der Waals surface area contributed by atoms with Crippen LogP contribution in [0.15, 0.2) is 24.3 Å². The number of amides is 1. The number of carbonyl (C=O) groups excluding carboxylic acids is 1. The molecule has 4 rings (SSSR count). The zero-order valence-electron chi connectivity index (χ0n) is 21.4. The largest absolute Gasteiger partial charge is 0.417 e. The van der Waals surface area contributed by atoms with Gasteiger partial charge in [-0.2, -0.15) is 18.4 Å². The molecule has 8 nitrogen and oxygen atoms in total. The molecule has 3 heterocycles. The lowest BCUT2D eigenvalue weighted by Gasteiger charge is -2.36. The number of likely N-dealkylation sites (N-methyl/N-ethyl adjacent to an activating group) is 1. The average molecular weight is 570 g/mol. The fourth-order valence-corrected chi connectivity index (χ4v) is 5.40. The normalized spacial score (nSPS) is 22.1. The van der Waals surface area contributed by atoms with Crippen LogP contribution in [0.4, 0.5) is 29.1 Å². The monoisotopic (exact) mass is 569 g/mol. The van der Waals surface area contributed by atoms with Gasteiger partial charge in [-0.05, 0) is 44.5 Å². The first kappa shape index (κ1) is 29.0. The number of carbonyl (C=O) groups is 1. The van der Waals surface area contributed by atoms with Gasteiger partial charge >= 0.3 is 6.18 Å². The number of aryl methyl sites for hydroxylation is 1. The van der Waals surface area contributed by atoms with Gasteiger partial charge in [-0.15, -0.1) is 0 Å². The highest BCUT2D eigenvalue weighted by Gasteiger charge is 2.45. The molecule has 210 valence electrons. The van der Waals surface area contributed by atoms with E-state index in [0.717, 1.165) is 12.1 Å². The number of anilines is 2. The zero-order valence-corrected chi connectivity index (χ0v) is 22.1. The van der Waals surface area contributed by atoms with Crippen molar-refractivity contribution in [1.82, 2.24) is 9.88 Å². The first-order valence-electron chi connectivity index (χ1n) is 12.5. The van der Waals surface area contributed by atoms with Crippen LogP contribution in [0.5, 0.6) is 0 Å². The fraction of sp³-hybridized carbons (Fsp3) is 0.500. The lowest BCUT2D eigenvalue weighted by molar-refractivity contribution is -0.137. The van der Waals surface area contributed by atoms with E-state index in [0.29, 0.717) is 25.4 Å². The van der Waals surface area contributed by atoms with Crippen molar-refractivity contribution in [3.63, 3.8) is 0 Å². The summed E-state index contributed by atoms with van der Waals surface area (Å²) in [5.74, 6) is -1.32. The van der Waals surface area contributed by atoms with Crippen molar-refractivity contribution < 1.29 is 32.2 Å². The maximum atomic E-state index is 14.0. The second-order valence-corrected chi connectivity index (χ2v) is 9.94.